The van der Waals surface area contributed by atoms with Crippen LogP contribution < -0.4 is 15.4 Å². The Morgan fingerprint density at radius 2 is 1.71 bits per heavy atom. The topological polar surface area (TPSA) is 87.7 Å². The first-order chi connectivity index (χ1) is 16.9. The van der Waals surface area contributed by atoms with Crippen molar-refractivity contribution in [2.75, 3.05) is 17.2 Å². The largest absolute Gasteiger partial charge is 0.491 e. The fraction of sp³-hybridized carbons (Fsp3) is 0.310. The molecule has 3 aromatic carbocycles. The van der Waals surface area contributed by atoms with Gasteiger partial charge in [-0.2, -0.15) is 0 Å². The summed E-state index contributed by atoms with van der Waals surface area (Å²) in [4.78, 5) is 23.8. The molecule has 182 valence electrons. The molecule has 0 saturated carbocycles. The van der Waals surface area contributed by atoms with Gasteiger partial charge in [-0.25, -0.2) is 0 Å². The average molecular weight is 473 g/mol. The Kier molecular flexibility index (Phi) is 7.70. The fourth-order valence-corrected chi connectivity index (χ4v) is 4.35. The predicted octanol–water partition coefficient (Wildman–Crippen LogP) is 6.22. The van der Waals surface area contributed by atoms with Crippen LogP contribution >= 0.6 is 0 Å². The summed E-state index contributed by atoms with van der Waals surface area (Å²) < 4.78 is 5.71. The van der Waals surface area contributed by atoms with Crippen molar-refractivity contribution >= 4 is 28.9 Å². The molecule has 0 radical (unpaired) electrons. The van der Waals surface area contributed by atoms with E-state index in [-0.39, 0.29) is 18.9 Å². The lowest BCUT2D eigenvalue weighted by Crippen LogP contribution is -2.14. The summed E-state index contributed by atoms with van der Waals surface area (Å²) in [5.41, 5.74) is 7.07. The average Bonchev–Trinajstić information content (AvgIpc) is 3.00. The van der Waals surface area contributed by atoms with Gasteiger partial charge in [0.1, 0.15) is 5.75 Å². The normalized spacial score (nSPS) is 12.2. The number of carboxylic acids is 1. The van der Waals surface area contributed by atoms with Crippen LogP contribution in [0, 0.1) is 5.92 Å². The van der Waals surface area contributed by atoms with Crippen LogP contribution in [0.15, 0.2) is 60.7 Å². The molecular formula is C29H32N2O4. The molecule has 0 spiro atoms. The molecule has 0 bridgehead atoms. The van der Waals surface area contributed by atoms with Gasteiger partial charge in [-0.05, 0) is 84.7 Å². The summed E-state index contributed by atoms with van der Waals surface area (Å²) >= 11 is 0. The monoisotopic (exact) mass is 472 g/mol. The van der Waals surface area contributed by atoms with Crippen LogP contribution in [0.2, 0.25) is 0 Å². The molecule has 1 amide bonds. The molecule has 6 nitrogen and oxygen atoms in total. The summed E-state index contributed by atoms with van der Waals surface area (Å²) in [5, 5.41) is 15.3. The maximum absolute atomic E-state index is 13.1. The van der Waals surface area contributed by atoms with Gasteiger partial charge in [0.25, 0.3) is 5.91 Å². The highest BCUT2D eigenvalue weighted by Crippen LogP contribution is 2.32. The Morgan fingerprint density at radius 1 is 1.00 bits per heavy atom. The molecule has 0 aliphatic carbocycles. The SMILES string of the molecule is CC(C)Cc1ccc2c(c1)CCc1cc(C(=O)Nc3ccccc3OCCCC(=O)O)ccc1N2. The Morgan fingerprint density at radius 3 is 2.46 bits per heavy atom. The minimum Gasteiger partial charge on any atom is -0.491 e. The van der Waals surface area contributed by atoms with E-state index >= 15 is 0 Å². The van der Waals surface area contributed by atoms with Gasteiger partial charge in [0, 0.05) is 23.4 Å². The van der Waals surface area contributed by atoms with Crippen LogP contribution in [0.3, 0.4) is 0 Å². The minimum absolute atomic E-state index is 0.0423. The van der Waals surface area contributed by atoms with Gasteiger partial charge < -0.3 is 20.5 Å². The van der Waals surface area contributed by atoms with Gasteiger partial charge in [-0.1, -0.05) is 38.1 Å². The fourth-order valence-electron chi connectivity index (χ4n) is 4.35. The van der Waals surface area contributed by atoms with E-state index in [0.717, 1.165) is 36.2 Å². The van der Waals surface area contributed by atoms with Crippen molar-refractivity contribution in [1.82, 2.24) is 0 Å². The molecule has 35 heavy (non-hydrogen) atoms. The van der Waals surface area contributed by atoms with E-state index in [0.29, 0.717) is 29.3 Å². The number of carboxylic acid groups (broad SMARTS) is 1. The zero-order chi connectivity index (χ0) is 24.8. The van der Waals surface area contributed by atoms with Crippen LogP contribution in [0.25, 0.3) is 0 Å². The lowest BCUT2D eigenvalue weighted by atomic mass is 9.97. The first-order valence-corrected chi connectivity index (χ1v) is 12.2. The number of benzene rings is 3. The zero-order valence-electron chi connectivity index (χ0n) is 20.3. The van der Waals surface area contributed by atoms with Crippen molar-refractivity contribution in [3.63, 3.8) is 0 Å². The van der Waals surface area contributed by atoms with Gasteiger partial charge in [-0.3, -0.25) is 9.59 Å². The van der Waals surface area contributed by atoms with Crippen molar-refractivity contribution in [2.24, 2.45) is 5.92 Å². The Bertz CT molecular complexity index is 1220. The molecular weight excluding hydrogens is 440 g/mol. The number of hydrogen-bond donors (Lipinski definition) is 3. The molecule has 1 heterocycles. The lowest BCUT2D eigenvalue weighted by Gasteiger charge is -2.14. The molecule has 1 aliphatic rings. The number of para-hydroxylation sites is 2. The summed E-state index contributed by atoms with van der Waals surface area (Å²) in [5.74, 6) is 0.0722. The summed E-state index contributed by atoms with van der Waals surface area (Å²) in [6, 6.07) is 19.6. The van der Waals surface area contributed by atoms with Gasteiger partial charge in [-0.15, -0.1) is 0 Å². The predicted molar refractivity (Wildman–Crippen MR) is 139 cm³/mol. The first kappa shape index (κ1) is 24.3. The van der Waals surface area contributed by atoms with E-state index in [9.17, 15) is 9.59 Å². The molecule has 0 unspecified atom stereocenters. The third-order valence-electron chi connectivity index (χ3n) is 6.04. The highest BCUT2D eigenvalue weighted by molar-refractivity contribution is 6.05. The number of rotatable bonds is 9. The van der Waals surface area contributed by atoms with Crippen molar-refractivity contribution in [3.05, 3.63) is 82.9 Å². The molecule has 3 aromatic rings. The van der Waals surface area contributed by atoms with E-state index in [1.807, 2.05) is 30.3 Å². The van der Waals surface area contributed by atoms with Crippen LogP contribution in [-0.2, 0) is 24.1 Å². The molecule has 3 N–H and O–H groups in total. The van der Waals surface area contributed by atoms with Gasteiger partial charge in [0.15, 0.2) is 0 Å². The van der Waals surface area contributed by atoms with Gasteiger partial charge >= 0.3 is 5.97 Å². The maximum Gasteiger partial charge on any atom is 0.303 e. The second kappa shape index (κ2) is 11.1. The van der Waals surface area contributed by atoms with Gasteiger partial charge in [0.05, 0.1) is 12.3 Å². The smallest absolute Gasteiger partial charge is 0.303 e. The number of aryl methyl sites for hydroxylation is 2. The van der Waals surface area contributed by atoms with Crippen LogP contribution in [-0.4, -0.2) is 23.6 Å². The Hall–Kier alpha value is -3.80. The summed E-state index contributed by atoms with van der Waals surface area (Å²) in [6.45, 7) is 4.73. The second-order valence-electron chi connectivity index (χ2n) is 9.38. The Balaban J connectivity index is 1.45. The number of aliphatic carboxylic acids is 1. The third kappa shape index (κ3) is 6.41. The number of anilines is 3. The van der Waals surface area contributed by atoms with Crippen LogP contribution in [0.4, 0.5) is 17.1 Å². The highest BCUT2D eigenvalue weighted by atomic mass is 16.5. The summed E-state index contributed by atoms with van der Waals surface area (Å²) in [6.07, 6.45) is 3.27. The molecule has 1 aliphatic heterocycles. The number of fused-ring (bicyclic) bond motifs is 2. The van der Waals surface area contributed by atoms with Crippen LogP contribution in [0.1, 0.15) is 53.7 Å². The molecule has 4 rings (SSSR count). The van der Waals surface area contributed by atoms with Crippen molar-refractivity contribution in [1.29, 1.82) is 0 Å². The zero-order valence-corrected chi connectivity index (χ0v) is 20.3. The van der Waals surface area contributed by atoms with E-state index in [1.54, 1.807) is 12.1 Å². The standard InChI is InChI=1S/C29H32N2O4/c1-19(2)16-20-9-13-24-21(17-20)10-11-22-18-23(12-14-25(22)30-24)29(34)31-26-6-3-4-7-27(26)35-15-5-8-28(32)33/h3-4,6-7,9,12-14,17-19,30H,5,8,10-11,15-16H2,1-2H3,(H,31,34)(H,32,33). The van der Waals surface area contributed by atoms with E-state index < -0.39 is 5.97 Å². The lowest BCUT2D eigenvalue weighted by molar-refractivity contribution is -0.137. The number of ether oxygens (including phenoxy) is 1. The van der Waals surface area contributed by atoms with Crippen molar-refractivity contribution in [3.8, 4) is 5.75 Å². The number of carbonyl (C=O) groups excluding carboxylic acids is 1. The van der Waals surface area contributed by atoms with Crippen molar-refractivity contribution < 1.29 is 19.4 Å². The minimum atomic E-state index is -0.855. The highest BCUT2D eigenvalue weighted by Gasteiger charge is 2.17. The molecule has 0 atom stereocenters. The molecule has 0 fully saturated rings. The Labute approximate surface area is 206 Å². The molecule has 6 heteroatoms. The van der Waals surface area contributed by atoms with E-state index in [2.05, 4.69) is 42.7 Å². The summed E-state index contributed by atoms with van der Waals surface area (Å²) in [7, 11) is 0. The van der Waals surface area contributed by atoms with E-state index in [1.165, 1.54) is 11.1 Å². The maximum atomic E-state index is 13.1. The molecule has 0 saturated heterocycles. The number of nitrogens with one attached hydrogen (secondary N) is 2. The first-order valence-electron chi connectivity index (χ1n) is 12.2. The van der Waals surface area contributed by atoms with Crippen LogP contribution in [0.5, 0.6) is 5.75 Å². The third-order valence-corrected chi connectivity index (χ3v) is 6.04. The van der Waals surface area contributed by atoms with E-state index in [4.69, 9.17) is 9.84 Å². The second-order valence-corrected chi connectivity index (χ2v) is 9.38. The molecule has 0 aromatic heterocycles. The number of carbonyl (C=O) groups is 2. The van der Waals surface area contributed by atoms with Crippen molar-refractivity contribution in [2.45, 2.75) is 46.0 Å². The van der Waals surface area contributed by atoms with Gasteiger partial charge in [0.2, 0.25) is 0 Å². The number of amides is 1. The quantitative estimate of drug-likeness (QED) is 0.322. The number of hydrogen-bond acceptors (Lipinski definition) is 4.